The van der Waals surface area contributed by atoms with E-state index in [-0.39, 0.29) is 17.6 Å². The second-order valence-electron chi connectivity index (χ2n) is 4.50. The van der Waals surface area contributed by atoms with E-state index in [1.165, 1.54) is 0 Å². The first-order valence-electron chi connectivity index (χ1n) is 5.16. The lowest BCUT2D eigenvalue weighted by Crippen LogP contribution is -2.13. The van der Waals surface area contributed by atoms with E-state index < -0.39 is 5.97 Å². The maximum absolute atomic E-state index is 10.8. The number of carbonyl (C=O) groups is 1. The van der Waals surface area contributed by atoms with Gasteiger partial charge in [0.05, 0.1) is 11.4 Å². The Kier molecular flexibility index (Phi) is 2.58. The lowest BCUT2D eigenvalue weighted by molar-refractivity contribution is -0.137. The standard InChI is InChI=1S/C12H13ClO3/c1-7-4-8(11(13)9(14)5-7)12(2-3-12)6-10(15)16/h4-5,14H,2-3,6H2,1H3,(H,15,16). The van der Waals surface area contributed by atoms with Gasteiger partial charge in [0, 0.05) is 5.41 Å². The molecule has 1 aliphatic carbocycles. The summed E-state index contributed by atoms with van der Waals surface area (Å²) in [5, 5.41) is 18.8. The molecule has 1 aromatic carbocycles. The molecule has 1 aromatic rings. The van der Waals surface area contributed by atoms with Gasteiger partial charge in [0.1, 0.15) is 5.75 Å². The summed E-state index contributed by atoms with van der Waals surface area (Å²) < 4.78 is 0. The van der Waals surface area contributed by atoms with Crippen LogP contribution in [0.2, 0.25) is 5.02 Å². The molecule has 0 saturated heterocycles. The van der Waals surface area contributed by atoms with Gasteiger partial charge in [0.25, 0.3) is 0 Å². The minimum absolute atomic E-state index is 0.0355. The van der Waals surface area contributed by atoms with Crippen LogP contribution < -0.4 is 0 Å². The molecule has 0 heterocycles. The summed E-state index contributed by atoms with van der Waals surface area (Å²) in [7, 11) is 0. The first-order valence-corrected chi connectivity index (χ1v) is 5.54. The zero-order chi connectivity index (χ0) is 11.9. The monoisotopic (exact) mass is 240 g/mol. The Hall–Kier alpha value is -1.22. The average Bonchev–Trinajstić information content (AvgIpc) is 2.91. The molecule has 0 aliphatic heterocycles. The number of aliphatic carboxylic acids is 1. The predicted octanol–water partition coefficient (Wildman–Crippen LogP) is 2.86. The van der Waals surface area contributed by atoms with Crippen LogP contribution in [0.3, 0.4) is 0 Å². The second kappa shape index (κ2) is 3.67. The van der Waals surface area contributed by atoms with E-state index in [1.807, 2.05) is 13.0 Å². The van der Waals surface area contributed by atoms with Crippen molar-refractivity contribution < 1.29 is 15.0 Å². The molecule has 16 heavy (non-hydrogen) atoms. The van der Waals surface area contributed by atoms with Gasteiger partial charge in [0.2, 0.25) is 0 Å². The van der Waals surface area contributed by atoms with Crippen molar-refractivity contribution in [2.45, 2.75) is 31.6 Å². The zero-order valence-electron chi connectivity index (χ0n) is 8.96. The number of carboxylic acids is 1. The predicted molar refractivity (Wildman–Crippen MR) is 61.0 cm³/mol. The Balaban J connectivity index is 2.44. The van der Waals surface area contributed by atoms with Gasteiger partial charge in [0.15, 0.2) is 0 Å². The fourth-order valence-corrected chi connectivity index (χ4v) is 2.43. The van der Waals surface area contributed by atoms with Crippen molar-refractivity contribution in [3.8, 4) is 5.75 Å². The van der Waals surface area contributed by atoms with E-state index in [0.29, 0.717) is 5.02 Å². The Labute approximate surface area is 98.7 Å². The highest BCUT2D eigenvalue weighted by molar-refractivity contribution is 6.33. The van der Waals surface area contributed by atoms with E-state index in [0.717, 1.165) is 24.0 Å². The molecule has 0 unspecified atom stereocenters. The van der Waals surface area contributed by atoms with Gasteiger partial charge in [-0.2, -0.15) is 0 Å². The first kappa shape index (κ1) is 11.3. The van der Waals surface area contributed by atoms with Crippen LogP contribution in [0.5, 0.6) is 5.75 Å². The molecule has 0 aromatic heterocycles. The van der Waals surface area contributed by atoms with Crippen LogP contribution in [0.4, 0.5) is 0 Å². The van der Waals surface area contributed by atoms with Gasteiger partial charge in [-0.15, -0.1) is 0 Å². The molecule has 1 fully saturated rings. The summed E-state index contributed by atoms with van der Waals surface area (Å²) in [5.74, 6) is -0.789. The van der Waals surface area contributed by atoms with Gasteiger partial charge in [-0.25, -0.2) is 0 Å². The van der Waals surface area contributed by atoms with Crippen molar-refractivity contribution in [2.24, 2.45) is 0 Å². The van der Waals surface area contributed by atoms with Crippen molar-refractivity contribution in [1.82, 2.24) is 0 Å². The minimum Gasteiger partial charge on any atom is -0.506 e. The van der Waals surface area contributed by atoms with Crippen LogP contribution in [0.15, 0.2) is 12.1 Å². The molecule has 0 radical (unpaired) electrons. The minimum atomic E-state index is -0.824. The molecule has 1 saturated carbocycles. The van der Waals surface area contributed by atoms with Gasteiger partial charge in [-0.3, -0.25) is 4.79 Å². The third-order valence-corrected chi connectivity index (χ3v) is 3.51. The highest BCUT2D eigenvalue weighted by Gasteiger charge is 2.47. The molecular weight excluding hydrogens is 228 g/mol. The average molecular weight is 241 g/mol. The number of phenolic OH excluding ortho intramolecular Hbond substituents is 1. The SMILES string of the molecule is Cc1cc(O)c(Cl)c(C2(CC(=O)O)CC2)c1. The third-order valence-electron chi connectivity index (χ3n) is 3.11. The Bertz CT molecular complexity index is 450. The number of hydrogen-bond donors (Lipinski definition) is 2. The molecule has 0 spiro atoms. The summed E-state index contributed by atoms with van der Waals surface area (Å²) in [6, 6.07) is 3.46. The second-order valence-corrected chi connectivity index (χ2v) is 4.87. The molecule has 2 N–H and O–H groups in total. The normalized spacial score (nSPS) is 17.1. The van der Waals surface area contributed by atoms with Gasteiger partial charge in [-0.1, -0.05) is 17.7 Å². The third kappa shape index (κ3) is 1.87. The fraction of sp³-hybridized carbons (Fsp3) is 0.417. The Morgan fingerprint density at radius 3 is 2.62 bits per heavy atom. The van der Waals surface area contributed by atoms with Crippen molar-refractivity contribution in [1.29, 1.82) is 0 Å². The largest absolute Gasteiger partial charge is 0.506 e. The van der Waals surface area contributed by atoms with Gasteiger partial charge in [-0.05, 0) is 37.0 Å². The number of rotatable bonds is 3. The summed E-state index contributed by atoms with van der Waals surface area (Å²) >= 11 is 6.03. The Morgan fingerprint density at radius 2 is 2.12 bits per heavy atom. The first-order chi connectivity index (χ1) is 7.44. The molecule has 86 valence electrons. The molecule has 4 heteroatoms. The number of aryl methyl sites for hydroxylation is 1. The van der Waals surface area contributed by atoms with Crippen molar-refractivity contribution in [2.75, 3.05) is 0 Å². The maximum Gasteiger partial charge on any atom is 0.304 e. The summed E-state index contributed by atoms with van der Waals surface area (Å²) in [6.07, 6.45) is 1.72. The highest BCUT2D eigenvalue weighted by atomic mass is 35.5. The lowest BCUT2D eigenvalue weighted by Gasteiger charge is -2.16. The van der Waals surface area contributed by atoms with Crippen LogP contribution in [0, 0.1) is 6.92 Å². The van der Waals surface area contributed by atoms with Crippen LogP contribution in [0.25, 0.3) is 0 Å². The summed E-state index contributed by atoms with van der Waals surface area (Å²) in [6.45, 7) is 1.86. The molecule has 0 bridgehead atoms. The van der Waals surface area contributed by atoms with Gasteiger partial charge >= 0.3 is 5.97 Å². The van der Waals surface area contributed by atoms with E-state index in [4.69, 9.17) is 16.7 Å². The van der Waals surface area contributed by atoms with E-state index in [1.54, 1.807) is 6.07 Å². The Morgan fingerprint density at radius 1 is 1.50 bits per heavy atom. The number of phenols is 1. The summed E-state index contributed by atoms with van der Waals surface area (Å²) in [5.41, 5.74) is 1.31. The topological polar surface area (TPSA) is 57.5 Å². The van der Waals surface area contributed by atoms with Gasteiger partial charge < -0.3 is 10.2 Å². The highest BCUT2D eigenvalue weighted by Crippen LogP contribution is 2.54. The molecule has 0 amide bonds. The van der Waals surface area contributed by atoms with E-state index >= 15 is 0 Å². The number of hydrogen-bond acceptors (Lipinski definition) is 2. The summed E-state index contributed by atoms with van der Waals surface area (Å²) in [4.78, 5) is 10.8. The number of aromatic hydroxyl groups is 1. The molecule has 3 nitrogen and oxygen atoms in total. The molecule has 0 atom stereocenters. The number of carboxylic acid groups (broad SMARTS) is 1. The molecular formula is C12H13ClO3. The van der Waals surface area contributed by atoms with Crippen molar-refractivity contribution >= 4 is 17.6 Å². The van der Waals surface area contributed by atoms with Crippen LogP contribution in [-0.2, 0) is 10.2 Å². The molecule has 2 rings (SSSR count). The molecule has 1 aliphatic rings. The fourth-order valence-electron chi connectivity index (χ4n) is 2.12. The smallest absolute Gasteiger partial charge is 0.304 e. The van der Waals surface area contributed by atoms with Crippen LogP contribution in [-0.4, -0.2) is 16.2 Å². The maximum atomic E-state index is 10.8. The van der Waals surface area contributed by atoms with E-state index in [2.05, 4.69) is 0 Å². The lowest BCUT2D eigenvalue weighted by atomic mass is 9.91. The number of halogens is 1. The quantitative estimate of drug-likeness (QED) is 0.854. The zero-order valence-corrected chi connectivity index (χ0v) is 9.71. The van der Waals surface area contributed by atoms with E-state index in [9.17, 15) is 9.90 Å². The van der Waals surface area contributed by atoms with Crippen molar-refractivity contribution in [3.63, 3.8) is 0 Å². The van der Waals surface area contributed by atoms with Crippen molar-refractivity contribution in [3.05, 3.63) is 28.3 Å². The van der Waals surface area contributed by atoms with Crippen LogP contribution in [0.1, 0.15) is 30.4 Å². The van der Waals surface area contributed by atoms with Crippen LogP contribution >= 0.6 is 11.6 Å². The number of benzene rings is 1.